The van der Waals surface area contributed by atoms with Crippen molar-refractivity contribution in [2.75, 3.05) is 19.6 Å². The minimum atomic E-state index is 1.19. The Bertz CT molecular complexity index is 693. The molecule has 0 aliphatic carbocycles. The Labute approximate surface area is 284 Å². The fourth-order valence-electron chi connectivity index (χ4n) is 6.43. The van der Waals surface area contributed by atoms with E-state index in [9.17, 15) is 0 Å². The van der Waals surface area contributed by atoms with Gasteiger partial charge in [-0.25, -0.2) is 0 Å². The largest absolute Gasteiger partial charge is 0.303 e. The quantitative estimate of drug-likeness (QED) is 0.0538. The lowest BCUT2D eigenvalue weighted by Crippen LogP contribution is -2.28. The van der Waals surface area contributed by atoms with Crippen molar-refractivity contribution in [3.05, 3.63) is 60.2 Å². The first-order valence-electron chi connectivity index (χ1n) is 20.4. The second-order valence-corrected chi connectivity index (χ2v) is 14.0. The minimum Gasteiger partial charge on any atom is -0.303 e. The van der Waals surface area contributed by atoms with Gasteiger partial charge in [0.25, 0.3) is 0 Å². The Morgan fingerprint density at radius 3 is 1.09 bits per heavy atom. The molecule has 0 aromatic heterocycles. The highest BCUT2D eigenvalue weighted by molar-refractivity contribution is 5.14. The van der Waals surface area contributed by atoms with Crippen LogP contribution in [-0.4, -0.2) is 24.5 Å². The van der Waals surface area contributed by atoms with Gasteiger partial charge < -0.3 is 4.90 Å². The van der Waals surface area contributed by atoms with E-state index in [1.807, 2.05) is 0 Å². The zero-order valence-corrected chi connectivity index (χ0v) is 30.8. The molecule has 0 saturated carbocycles. The van der Waals surface area contributed by atoms with Crippen LogP contribution in [0.4, 0.5) is 0 Å². The van der Waals surface area contributed by atoms with Gasteiger partial charge >= 0.3 is 0 Å². The molecule has 0 saturated heterocycles. The molecule has 1 heteroatoms. The SMILES string of the molecule is CCCCCCCC/C=C\CCCCCCCCN(CCCCCCCC/C=C\CCCCCCCC)CCc1ccccc1. The molecule has 0 amide bonds. The summed E-state index contributed by atoms with van der Waals surface area (Å²) in [6.07, 6.45) is 49.9. The summed E-state index contributed by atoms with van der Waals surface area (Å²) in [5.41, 5.74) is 1.49. The average molecular weight is 622 g/mol. The van der Waals surface area contributed by atoms with Crippen LogP contribution in [0.15, 0.2) is 54.6 Å². The first-order valence-corrected chi connectivity index (χ1v) is 20.4. The molecule has 0 heterocycles. The van der Waals surface area contributed by atoms with Crippen molar-refractivity contribution in [1.29, 1.82) is 0 Å². The predicted octanol–water partition coefficient (Wildman–Crippen LogP) is 14.6. The molecule has 0 fully saturated rings. The van der Waals surface area contributed by atoms with E-state index in [0.717, 1.165) is 0 Å². The van der Waals surface area contributed by atoms with Crippen molar-refractivity contribution >= 4 is 0 Å². The van der Waals surface area contributed by atoms with E-state index in [0.29, 0.717) is 0 Å². The molecule has 0 aliphatic rings. The van der Waals surface area contributed by atoms with Crippen molar-refractivity contribution in [2.24, 2.45) is 0 Å². The standard InChI is InChI=1S/C44H79N/c1-3-5-7-9-11-13-15-17-19-21-23-25-27-29-31-36-41-45(43-40-44-38-34-33-35-39-44)42-37-32-30-28-26-24-22-20-18-16-14-12-10-8-6-4-2/h17-20,33-35,38-39H,3-16,21-32,36-37,40-43H2,1-2H3/b19-17-,20-18-. The minimum absolute atomic E-state index is 1.19. The van der Waals surface area contributed by atoms with E-state index in [1.54, 1.807) is 0 Å². The van der Waals surface area contributed by atoms with Gasteiger partial charge in [-0.1, -0.05) is 184 Å². The molecule has 0 spiro atoms. The fourth-order valence-corrected chi connectivity index (χ4v) is 6.43. The molecule has 0 N–H and O–H groups in total. The maximum atomic E-state index is 2.77. The van der Waals surface area contributed by atoms with E-state index >= 15 is 0 Å². The lowest BCUT2D eigenvalue weighted by molar-refractivity contribution is 0.263. The summed E-state index contributed by atoms with van der Waals surface area (Å²) in [5.74, 6) is 0. The smallest absolute Gasteiger partial charge is 0.00218 e. The van der Waals surface area contributed by atoms with Gasteiger partial charge in [-0.15, -0.1) is 0 Å². The lowest BCUT2D eigenvalue weighted by Gasteiger charge is -2.22. The van der Waals surface area contributed by atoms with E-state index in [4.69, 9.17) is 0 Å². The van der Waals surface area contributed by atoms with E-state index < -0.39 is 0 Å². The van der Waals surface area contributed by atoms with Gasteiger partial charge in [0.1, 0.15) is 0 Å². The number of hydrogen-bond acceptors (Lipinski definition) is 1. The molecule has 1 aromatic rings. The zero-order valence-electron chi connectivity index (χ0n) is 30.8. The van der Waals surface area contributed by atoms with Gasteiger partial charge in [0.2, 0.25) is 0 Å². The molecule has 1 nitrogen and oxygen atoms in total. The van der Waals surface area contributed by atoms with Crippen LogP contribution in [0.3, 0.4) is 0 Å². The monoisotopic (exact) mass is 622 g/mol. The highest BCUT2D eigenvalue weighted by atomic mass is 15.1. The van der Waals surface area contributed by atoms with Gasteiger partial charge in [-0.2, -0.15) is 0 Å². The summed E-state index contributed by atoms with van der Waals surface area (Å²) in [5, 5.41) is 0. The first kappa shape index (κ1) is 41.7. The molecule has 260 valence electrons. The Kier molecular flexibility index (Phi) is 32.9. The van der Waals surface area contributed by atoms with Crippen molar-refractivity contribution in [1.82, 2.24) is 4.90 Å². The Balaban J connectivity index is 2.05. The number of allylic oxidation sites excluding steroid dienone is 4. The number of rotatable bonds is 35. The molecule has 0 bridgehead atoms. The van der Waals surface area contributed by atoms with Gasteiger partial charge in [-0.3, -0.25) is 0 Å². The summed E-state index contributed by atoms with van der Waals surface area (Å²) in [7, 11) is 0. The van der Waals surface area contributed by atoms with Gasteiger partial charge in [0.05, 0.1) is 0 Å². The Hall–Kier alpha value is -1.34. The van der Waals surface area contributed by atoms with Crippen LogP contribution in [0.25, 0.3) is 0 Å². The number of unbranched alkanes of at least 4 members (excludes halogenated alkanes) is 24. The highest BCUT2D eigenvalue weighted by Crippen LogP contribution is 2.13. The van der Waals surface area contributed by atoms with Crippen LogP contribution in [-0.2, 0) is 6.42 Å². The van der Waals surface area contributed by atoms with E-state index in [-0.39, 0.29) is 0 Å². The summed E-state index contributed by atoms with van der Waals surface area (Å²) >= 11 is 0. The van der Waals surface area contributed by atoms with E-state index in [1.165, 1.54) is 211 Å². The fraction of sp³-hybridized carbons (Fsp3) is 0.773. The highest BCUT2D eigenvalue weighted by Gasteiger charge is 2.06. The van der Waals surface area contributed by atoms with Crippen molar-refractivity contribution in [3.8, 4) is 0 Å². The third kappa shape index (κ3) is 31.0. The maximum Gasteiger partial charge on any atom is 0.00218 e. The number of nitrogens with zero attached hydrogens (tertiary/aromatic N) is 1. The molecular weight excluding hydrogens is 542 g/mol. The van der Waals surface area contributed by atoms with E-state index in [2.05, 4.69) is 73.4 Å². The van der Waals surface area contributed by atoms with Crippen LogP contribution < -0.4 is 0 Å². The predicted molar refractivity (Wildman–Crippen MR) is 205 cm³/mol. The summed E-state index contributed by atoms with van der Waals surface area (Å²) in [6, 6.07) is 11.1. The third-order valence-electron chi connectivity index (χ3n) is 9.53. The van der Waals surface area contributed by atoms with Crippen LogP contribution in [0.5, 0.6) is 0 Å². The molecular formula is C44H79N. The first-order chi connectivity index (χ1) is 22.4. The second-order valence-electron chi connectivity index (χ2n) is 14.0. The molecule has 0 aliphatic heterocycles. The second kappa shape index (κ2) is 35.5. The number of benzene rings is 1. The molecule has 1 aromatic carbocycles. The molecule has 0 atom stereocenters. The van der Waals surface area contributed by atoms with Crippen LogP contribution >= 0.6 is 0 Å². The Morgan fingerprint density at radius 1 is 0.378 bits per heavy atom. The van der Waals surface area contributed by atoms with Gasteiger partial charge in [0, 0.05) is 6.54 Å². The summed E-state index contributed by atoms with van der Waals surface area (Å²) in [4.78, 5) is 2.77. The van der Waals surface area contributed by atoms with Gasteiger partial charge in [0.15, 0.2) is 0 Å². The molecule has 45 heavy (non-hydrogen) atoms. The van der Waals surface area contributed by atoms with Crippen molar-refractivity contribution in [3.63, 3.8) is 0 Å². The normalized spacial score (nSPS) is 12.0. The molecule has 1 rings (SSSR count). The molecule has 0 radical (unpaired) electrons. The Morgan fingerprint density at radius 2 is 0.711 bits per heavy atom. The topological polar surface area (TPSA) is 3.24 Å². The van der Waals surface area contributed by atoms with Crippen molar-refractivity contribution < 1.29 is 0 Å². The van der Waals surface area contributed by atoms with Crippen molar-refractivity contribution in [2.45, 2.75) is 200 Å². The van der Waals surface area contributed by atoms with Crippen LogP contribution in [0, 0.1) is 0 Å². The number of hydrogen-bond donors (Lipinski definition) is 0. The third-order valence-corrected chi connectivity index (χ3v) is 9.53. The average Bonchev–Trinajstić information content (AvgIpc) is 3.06. The summed E-state index contributed by atoms with van der Waals surface area (Å²) < 4.78 is 0. The maximum absolute atomic E-state index is 2.77. The summed E-state index contributed by atoms with van der Waals surface area (Å²) in [6.45, 7) is 8.40. The van der Waals surface area contributed by atoms with Crippen LogP contribution in [0.1, 0.15) is 199 Å². The lowest BCUT2D eigenvalue weighted by atomic mass is 10.1. The van der Waals surface area contributed by atoms with Crippen LogP contribution in [0.2, 0.25) is 0 Å². The van der Waals surface area contributed by atoms with Gasteiger partial charge in [-0.05, 0) is 89.3 Å². The molecule has 0 unspecified atom stereocenters. The zero-order chi connectivity index (χ0) is 32.1.